The summed E-state index contributed by atoms with van der Waals surface area (Å²) < 4.78 is 53.5. The monoisotopic (exact) mass is 1410 g/mol. The lowest BCUT2D eigenvalue weighted by Gasteiger charge is -2.45. The van der Waals surface area contributed by atoms with E-state index < -0.39 is 90.8 Å². The average molecular weight is 1410 g/mol. The molecule has 0 unspecified atom stereocenters. The number of aliphatic hydroxyl groups excluding tert-OH is 1. The van der Waals surface area contributed by atoms with Crippen LogP contribution in [-0.2, 0) is 41.9 Å². The first-order valence-corrected chi connectivity index (χ1v) is 42.5. The van der Waals surface area contributed by atoms with E-state index >= 15 is 9.59 Å². The molecule has 540 valence electrons. The molecule has 1 aliphatic rings. The Bertz CT molecular complexity index is 3430. The number of ketones is 2. The Kier molecular flexibility index (Phi) is 28.7. The molecule has 4 aromatic carbocycles. The topological polar surface area (TPSA) is 208 Å². The number of hydrogen-bond acceptors (Lipinski definition) is 15. The van der Waals surface area contributed by atoms with Gasteiger partial charge in [-0.2, -0.15) is 0 Å². The average Bonchev–Trinajstić information content (AvgIpc) is 1.22. The highest BCUT2D eigenvalue weighted by Gasteiger charge is 2.53. The smallest absolute Gasteiger partial charge is 0.308 e. The maximum Gasteiger partial charge on any atom is 0.308 e. The number of esters is 1. The third-order valence-electron chi connectivity index (χ3n) is 21.0. The quantitative estimate of drug-likeness (QED) is 0.0427. The molecule has 3 heterocycles. The third-order valence-corrected chi connectivity index (χ3v) is 35.6. The number of methoxy groups -OCH3 is 2. The van der Waals surface area contributed by atoms with E-state index in [0.717, 1.165) is 10.4 Å². The molecule has 2 aromatic heterocycles. The summed E-state index contributed by atoms with van der Waals surface area (Å²) >= 11 is 0. The first-order chi connectivity index (χ1) is 46.8. The molecule has 0 radical (unpaired) electrons. The van der Waals surface area contributed by atoms with Crippen molar-refractivity contribution < 1.29 is 60.6 Å². The first-order valence-electron chi connectivity index (χ1n) is 35.8. The van der Waals surface area contributed by atoms with Crippen LogP contribution in [0.25, 0.3) is 6.08 Å². The summed E-state index contributed by atoms with van der Waals surface area (Å²) in [5.41, 5.74) is 0.474. The van der Waals surface area contributed by atoms with Crippen LogP contribution in [0.4, 0.5) is 0 Å². The number of aliphatic hydroxyl groups is 1. The largest absolute Gasteiger partial charge is 0.462 e. The number of rotatable bonds is 24. The Morgan fingerprint density at radius 3 is 1.78 bits per heavy atom. The fourth-order valence-corrected chi connectivity index (χ4v) is 24.7. The number of carbonyl (C=O) groups is 4. The molecule has 11 atom stereocenters. The molecule has 0 aliphatic carbocycles. The summed E-state index contributed by atoms with van der Waals surface area (Å²) in [6.07, 6.45) is 6.57. The number of oxazole rings is 2. The molecule has 99 heavy (non-hydrogen) atoms. The van der Waals surface area contributed by atoms with Gasteiger partial charge in [0, 0.05) is 64.3 Å². The second kappa shape index (κ2) is 35.6. The highest BCUT2D eigenvalue weighted by atomic mass is 28.4. The van der Waals surface area contributed by atoms with E-state index in [1.165, 1.54) is 22.9 Å². The van der Waals surface area contributed by atoms with Gasteiger partial charge in [-0.05, 0) is 99.0 Å². The van der Waals surface area contributed by atoms with Crippen LogP contribution >= 0.6 is 0 Å². The predicted molar refractivity (Wildman–Crippen MR) is 400 cm³/mol. The normalized spacial score (nSPS) is 21.4. The number of aromatic nitrogens is 2. The second-order valence-corrected chi connectivity index (χ2v) is 44.5. The van der Waals surface area contributed by atoms with Crippen molar-refractivity contribution in [2.75, 3.05) is 27.4 Å². The Labute approximate surface area is 593 Å². The maximum atomic E-state index is 15.3. The fourth-order valence-electron chi connectivity index (χ4n) is 13.9. The number of amides is 1. The number of hydrogen-bond donors (Lipinski definition) is 2. The van der Waals surface area contributed by atoms with Gasteiger partial charge in [0.2, 0.25) is 11.8 Å². The van der Waals surface area contributed by atoms with Gasteiger partial charge in [0.25, 0.3) is 22.5 Å². The van der Waals surface area contributed by atoms with Gasteiger partial charge < -0.3 is 46.7 Å². The number of ether oxygens (including phenoxy) is 3. The Balaban J connectivity index is 1.18. The zero-order valence-electron chi connectivity index (χ0n) is 62.4. The van der Waals surface area contributed by atoms with Gasteiger partial charge in [0.1, 0.15) is 36.2 Å². The van der Waals surface area contributed by atoms with Crippen molar-refractivity contribution in [1.29, 1.82) is 0 Å². The SMILES string of the molecule is CO[C@H]1C/C=C/c2nc(co2)C(=O)N[C@@H](CO)c2nc(co2)[C@@H](C)CC(=O)CCC[C@H](O[Si](c2ccccc2)(c2ccccc2)C(C)(C)C)CC(=O)O[C@@H](C[C@H](OC)[C@@H](C)CCC(=O)[C@H](C)[C@H](O[Si](C)(C)C(C)(C)C)[C@H](C)CCO[Si](c2ccccc2)(c2ccccc2)C(C)(C)C)[C@@H]1C. The Morgan fingerprint density at radius 1 is 0.707 bits per heavy atom. The number of Topliss-reactive ketones (excluding diaryl/α,β-unsaturated/α-hetero) is 2. The molecule has 19 heteroatoms. The van der Waals surface area contributed by atoms with Crippen LogP contribution in [0.3, 0.4) is 0 Å². The number of nitrogens with zero attached hydrogens (tertiary/aromatic N) is 2. The molecule has 16 nitrogen and oxygen atoms in total. The Morgan fingerprint density at radius 2 is 1.26 bits per heavy atom. The van der Waals surface area contributed by atoms with E-state index in [1.807, 2.05) is 63.2 Å². The summed E-state index contributed by atoms with van der Waals surface area (Å²) in [7, 11) is -5.22. The van der Waals surface area contributed by atoms with E-state index in [1.54, 1.807) is 20.3 Å². The van der Waals surface area contributed by atoms with Crippen LogP contribution in [0.2, 0.25) is 28.2 Å². The van der Waals surface area contributed by atoms with E-state index in [0.29, 0.717) is 44.4 Å². The lowest BCUT2D eigenvalue weighted by atomic mass is 9.84. The summed E-state index contributed by atoms with van der Waals surface area (Å²) in [6.45, 7) is 34.9. The van der Waals surface area contributed by atoms with Crippen molar-refractivity contribution in [3.05, 3.63) is 163 Å². The highest BCUT2D eigenvalue weighted by molar-refractivity contribution is 7.00. The van der Waals surface area contributed by atoms with Crippen LogP contribution in [0, 0.1) is 23.7 Å². The molecular formula is C80H115N3O13Si3. The highest BCUT2D eigenvalue weighted by Crippen LogP contribution is 2.43. The van der Waals surface area contributed by atoms with Gasteiger partial charge in [0.05, 0.1) is 43.1 Å². The zero-order chi connectivity index (χ0) is 72.5. The van der Waals surface area contributed by atoms with Crippen molar-refractivity contribution in [2.45, 2.75) is 232 Å². The van der Waals surface area contributed by atoms with E-state index in [4.69, 9.17) is 36.3 Å². The Hall–Kier alpha value is -6.27. The van der Waals surface area contributed by atoms with E-state index in [2.05, 4.69) is 189 Å². The van der Waals surface area contributed by atoms with Crippen molar-refractivity contribution in [2.24, 2.45) is 23.7 Å². The van der Waals surface area contributed by atoms with Crippen molar-refractivity contribution in [1.82, 2.24) is 15.3 Å². The molecule has 2 N–H and O–H groups in total. The number of benzene rings is 4. The van der Waals surface area contributed by atoms with Crippen LogP contribution in [0.15, 0.2) is 149 Å². The van der Waals surface area contributed by atoms with Crippen LogP contribution in [0.1, 0.15) is 201 Å². The van der Waals surface area contributed by atoms with Gasteiger partial charge in [-0.3, -0.25) is 19.2 Å². The minimum atomic E-state index is -3.27. The van der Waals surface area contributed by atoms with Crippen molar-refractivity contribution >= 4 is 75.2 Å². The number of carbonyl (C=O) groups excluding carboxylic acids is 4. The lowest BCUT2D eigenvalue weighted by molar-refractivity contribution is -0.159. The lowest BCUT2D eigenvalue weighted by Crippen LogP contribution is -2.67. The number of nitrogens with one attached hydrogen (secondary N) is 1. The molecule has 0 saturated carbocycles. The number of fused-ring (bicyclic) bond motifs is 4. The molecular weight excluding hydrogens is 1300 g/mol. The predicted octanol–water partition coefficient (Wildman–Crippen LogP) is 14.7. The van der Waals surface area contributed by atoms with Gasteiger partial charge in [-0.25, -0.2) is 9.97 Å². The third kappa shape index (κ3) is 20.3. The summed E-state index contributed by atoms with van der Waals surface area (Å²) in [5.74, 6) is -2.12. The minimum Gasteiger partial charge on any atom is -0.462 e. The van der Waals surface area contributed by atoms with E-state index in [9.17, 15) is 14.7 Å². The molecule has 1 amide bonds. The van der Waals surface area contributed by atoms with Gasteiger partial charge in [-0.1, -0.05) is 224 Å². The standard InChI is InChI=1S/C80H115N3O13Si3/c1-55(45-46-69(86)58(4)75(96-97(17,18)78(6,7)8)56(2)47-48-93-98(79(9,10)11,62-35-23-19-24-36-62)63-37-25-20-26-38-63)71(90-16)51-72-59(5)70(89-15)43-32-44-73-81-68(54-91-73)76(88)82-66(52-84)77-83-67(53-92-77)57(3)49-60(85)33-31-34-61(50-74(87)94-72)95-99(80(12,13)14,64-39-27-21-28-40-64)65-41-29-22-30-42-65/h19-30,32,35-42,44,53-59,61,66,70-72,75,84H,31,33-34,43,45-52H2,1-18H3,(H,82,88)/b44-32+/t55-,56+,57-,58-,59+,61-,66-,70-,71-,72-,75+/m0/s1. The zero-order valence-corrected chi connectivity index (χ0v) is 65.4. The van der Waals surface area contributed by atoms with Gasteiger partial charge in [-0.15, -0.1) is 0 Å². The molecule has 6 aromatic rings. The summed E-state index contributed by atoms with van der Waals surface area (Å²) in [5, 5.41) is 17.0. The second-order valence-electron chi connectivity index (χ2n) is 31.2. The summed E-state index contributed by atoms with van der Waals surface area (Å²) in [4.78, 5) is 66.9. The van der Waals surface area contributed by atoms with Crippen molar-refractivity contribution in [3.63, 3.8) is 0 Å². The van der Waals surface area contributed by atoms with Gasteiger partial charge >= 0.3 is 5.97 Å². The van der Waals surface area contributed by atoms with Crippen LogP contribution in [-0.4, -0.2) is 121 Å². The van der Waals surface area contributed by atoms with Crippen molar-refractivity contribution in [3.8, 4) is 0 Å². The number of cyclic esters (lactones) is 1. The molecule has 4 bridgehead atoms. The fraction of sp³-hybridized carbons (Fsp3) is 0.550. The molecule has 0 spiro atoms. The summed E-state index contributed by atoms with van der Waals surface area (Å²) in [6, 6.07) is 41.0. The van der Waals surface area contributed by atoms with Gasteiger partial charge in [0.15, 0.2) is 14.0 Å². The molecule has 1 aliphatic heterocycles. The molecule has 0 saturated heterocycles. The van der Waals surface area contributed by atoms with Crippen LogP contribution in [0.5, 0.6) is 0 Å². The van der Waals surface area contributed by atoms with Crippen LogP contribution < -0.4 is 26.1 Å². The first kappa shape index (κ1) is 80.0. The maximum absolute atomic E-state index is 15.3. The minimum absolute atomic E-state index is 0.0101. The van der Waals surface area contributed by atoms with E-state index in [-0.39, 0.29) is 95.1 Å². The molecule has 0 fully saturated rings. The molecule has 7 rings (SSSR count).